The molecule has 0 unspecified atom stereocenters. The number of aromatic nitrogens is 1. The molecule has 0 saturated carbocycles. The maximum absolute atomic E-state index is 12.5. The summed E-state index contributed by atoms with van der Waals surface area (Å²) in [6, 6.07) is 12.1. The minimum atomic E-state index is -0.0931. The van der Waals surface area contributed by atoms with Gasteiger partial charge in [-0.05, 0) is 56.0 Å². The normalized spacial score (nSPS) is 15.9. The molecule has 0 atom stereocenters. The van der Waals surface area contributed by atoms with Gasteiger partial charge in [-0.15, -0.1) is 0 Å². The first-order chi connectivity index (χ1) is 13.1. The molecule has 2 heterocycles. The number of aryl methyl sites for hydroxylation is 1. The summed E-state index contributed by atoms with van der Waals surface area (Å²) in [5, 5.41) is 3.14. The lowest BCUT2D eigenvalue weighted by atomic mass is 9.74. The van der Waals surface area contributed by atoms with Crippen molar-refractivity contribution in [1.29, 1.82) is 0 Å². The highest BCUT2D eigenvalue weighted by molar-refractivity contribution is 5.78. The predicted octanol–water partition coefficient (Wildman–Crippen LogP) is 3.20. The van der Waals surface area contributed by atoms with Crippen LogP contribution in [0.1, 0.15) is 36.6 Å². The molecular formula is C22H28N2O3. The van der Waals surface area contributed by atoms with Gasteiger partial charge in [-0.25, -0.2) is 0 Å². The average molecular weight is 368 g/mol. The highest BCUT2D eigenvalue weighted by Gasteiger charge is 2.34. The van der Waals surface area contributed by atoms with E-state index >= 15 is 0 Å². The van der Waals surface area contributed by atoms with Crippen LogP contribution in [-0.4, -0.2) is 37.3 Å². The quantitative estimate of drug-likeness (QED) is 0.815. The van der Waals surface area contributed by atoms with Crippen molar-refractivity contribution in [2.75, 3.05) is 26.4 Å². The summed E-state index contributed by atoms with van der Waals surface area (Å²) in [6.07, 6.45) is 3.91. The molecule has 1 aliphatic heterocycles. The van der Waals surface area contributed by atoms with Gasteiger partial charge in [-0.3, -0.25) is 9.78 Å². The number of hydrogen-bond acceptors (Lipinski definition) is 4. The van der Waals surface area contributed by atoms with Crippen molar-refractivity contribution >= 4 is 5.91 Å². The van der Waals surface area contributed by atoms with Crippen molar-refractivity contribution in [3.63, 3.8) is 0 Å². The van der Waals surface area contributed by atoms with Crippen LogP contribution in [0.15, 0.2) is 42.6 Å². The first-order valence-corrected chi connectivity index (χ1v) is 9.61. The van der Waals surface area contributed by atoms with E-state index in [2.05, 4.69) is 22.4 Å². The first-order valence-electron chi connectivity index (χ1n) is 9.61. The van der Waals surface area contributed by atoms with E-state index in [0.717, 1.165) is 29.8 Å². The van der Waals surface area contributed by atoms with E-state index in [0.29, 0.717) is 32.8 Å². The Kier molecular flexibility index (Phi) is 6.45. The number of nitrogens with zero attached hydrogens (tertiary/aromatic N) is 1. The van der Waals surface area contributed by atoms with Gasteiger partial charge in [0.1, 0.15) is 5.75 Å². The SMILES string of the molecule is CCOc1ccc(C2(CNC(=O)Cc3ccc(C)nc3)CCOCC2)cc1. The minimum Gasteiger partial charge on any atom is -0.494 e. The Morgan fingerprint density at radius 1 is 1.19 bits per heavy atom. The minimum absolute atomic E-state index is 0.0254. The van der Waals surface area contributed by atoms with Gasteiger partial charge < -0.3 is 14.8 Å². The number of nitrogens with one attached hydrogen (secondary N) is 1. The third-order valence-corrected chi connectivity index (χ3v) is 5.19. The highest BCUT2D eigenvalue weighted by atomic mass is 16.5. The van der Waals surface area contributed by atoms with Crippen LogP contribution < -0.4 is 10.1 Å². The lowest BCUT2D eigenvalue weighted by molar-refractivity contribution is -0.121. The molecule has 1 N–H and O–H groups in total. The Balaban J connectivity index is 1.67. The zero-order chi connectivity index (χ0) is 19.1. The molecular weight excluding hydrogens is 340 g/mol. The number of amides is 1. The summed E-state index contributed by atoms with van der Waals surface area (Å²) in [6.45, 7) is 6.61. The molecule has 5 nitrogen and oxygen atoms in total. The summed E-state index contributed by atoms with van der Waals surface area (Å²) < 4.78 is 11.1. The van der Waals surface area contributed by atoms with E-state index in [4.69, 9.17) is 9.47 Å². The smallest absolute Gasteiger partial charge is 0.224 e. The maximum atomic E-state index is 12.5. The van der Waals surface area contributed by atoms with Crippen LogP contribution in [0.4, 0.5) is 0 Å². The fourth-order valence-electron chi connectivity index (χ4n) is 3.52. The molecule has 1 aliphatic rings. The number of carbonyl (C=O) groups is 1. The van der Waals surface area contributed by atoms with Crippen molar-refractivity contribution in [2.24, 2.45) is 0 Å². The van der Waals surface area contributed by atoms with E-state index in [9.17, 15) is 4.79 Å². The number of rotatable bonds is 7. The third kappa shape index (κ3) is 5.07. The van der Waals surface area contributed by atoms with Gasteiger partial charge in [0.05, 0.1) is 13.0 Å². The Bertz CT molecular complexity index is 735. The molecule has 1 amide bonds. The largest absolute Gasteiger partial charge is 0.494 e. The van der Waals surface area contributed by atoms with Crippen molar-refractivity contribution < 1.29 is 14.3 Å². The molecule has 27 heavy (non-hydrogen) atoms. The summed E-state index contributed by atoms with van der Waals surface area (Å²) in [5.41, 5.74) is 3.02. The second-order valence-corrected chi connectivity index (χ2v) is 7.11. The fourth-order valence-corrected chi connectivity index (χ4v) is 3.52. The first kappa shape index (κ1) is 19.4. The van der Waals surface area contributed by atoms with Crippen molar-refractivity contribution in [2.45, 2.75) is 38.5 Å². The van der Waals surface area contributed by atoms with E-state index in [1.54, 1.807) is 6.20 Å². The molecule has 1 aromatic carbocycles. The summed E-state index contributed by atoms with van der Waals surface area (Å²) >= 11 is 0. The van der Waals surface area contributed by atoms with Crippen LogP contribution in [0.2, 0.25) is 0 Å². The van der Waals surface area contributed by atoms with Crippen molar-refractivity contribution in [3.8, 4) is 5.75 Å². The molecule has 1 fully saturated rings. The second-order valence-electron chi connectivity index (χ2n) is 7.11. The fraction of sp³-hybridized carbons (Fsp3) is 0.455. The van der Waals surface area contributed by atoms with Crippen LogP contribution in [0.25, 0.3) is 0 Å². The number of hydrogen-bond donors (Lipinski definition) is 1. The standard InChI is InChI=1S/C22H28N2O3/c1-3-27-20-8-6-19(7-9-20)22(10-12-26-13-11-22)16-24-21(25)14-18-5-4-17(2)23-15-18/h4-9,15H,3,10-14,16H2,1-2H3,(H,24,25). The van der Waals surface area contributed by atoms with Crippen LogP contribution in [-0.2, 0) is 21.4 Å². The van der Waals surface area contributed by atoms with E-state index in [-0.39, 0.29) is 11.3 Å². The third-order valence-electron chi connectivity index (χ3n) is 5.19. The molecule has 1 saturated heterocycles. The molecule has 1 aromatic heterocycles. The average Bonchev–Trinajstić information content (AvgIpc) is 2.70. The molecule has 0 bridgehead atoms. The predicted molar refractivity (Wildman–Crippen MR) is 105 cm³/mol. The molecule has 3 rings (SSSR count). The zero-order valence-electron chi connectivity index (χ0n) is 16.2. The molecule has 2 aromatic rings. The lowest BCUT2D eigenvalue weighted by Gasteiger charge is -2.38. The monoisotopic (exact) mass is 368 g/mol. The van der Waals surface area contributed by atoms with Crippen LogP contribution in [0, 0.1) is 6.92 Å². The Labute approximate surface area is 161 Å². The van der Waals surface area contributed by atoms with Gasteiger partial charge in [-0.1, -0.05) is 18.2 Å². The number of ether oxygens (including phenoxy) is 2. The topological polar surface area (TPSA) is 60.5 Å². The van der Waals surface area contributed by atoms with Crippen molar-refractivity contribution in [1.82, 2.24) is 10.3 Å². The van der Waals surface area contributed by atoms with Gasteiger partial charge in [0.15, 0.2) is 0 Å². The van der Waals surface area contributed by atoms with Gasteiger partial charge in [0.2, 0.25) is 5.91 Å². The summed E-state index contributed by atoms with van der Waals surface area (Å²) in [7, 11) is 0. The molecule has 0 aliphatic carbocycles. The van der Waals surface area contributed by atoms with E-state index in [1.165, 1.54) is 5.56 Å². The number of carbonyl (C=O) groups excluding carboxylic acids is 1. The van der Waals surface area contributed by atoms with Crippen LogP contribution >= 0.6 is 0 Å². The Morgan fingerprint density at radius 3 is 2.56 bits per heavy atom. The van der Waals surface area contributed by atoms with Gasteiger partial charge in [0.25, 0.3) is 0 Å². The summed E-state index contributed by atoms with van der Waals surface area (Å²) in [4.78, 5) is 16.7. The lowest BCUT2D eigenvalue weighted by Crippen LogP contribution is -2.45. The van der Waals surface area contributed by atoms with E-state index in [1.807, 2.05) is 38.1 Å². The van der Waals surface area contributed by atoms with E-state index < -0.39 is 0 Å². The molecule has 5 heteroatoms. The van der Waals surface area contributed by atoms with Gasteiger partial charge in [0, 0.05) is 37.1 Å². The zero-order valence-corrected chi connectivity index (χ0v) is 16.2. The van der Waals surface area contributed by atoms with Crippen LogP contribution in [0.3, 0.4) is 0 Å². The number of pyridine rings is 1. The number of benzene rings is 1. The summed E-state index contributed by atoms with van der Waals surface area (Å²) in [5.74, 6) is 0.900. The molecule has 0 spiro atoms. The Hall–Kier alpha value is -2.40. The molecule has 0 radical (unpaired) electrons. The maximum Gasteiger partial charge on any atom is 0.224 e. The second kappa shape index (κ2) is 9.00. The van der Waals surface area contributed by atoms with Crippen molar-refractivity contribution in [3.05, 3.63) is 59.4 Å². The highest BCUT2D eigenvalue weighted by Crippen LogP contribution is 2.35. The Morgan fingerprint density at radius 2 is 1.93 bits per heavy atom. The van der Waals surface area contributed by atoms with Gasteiger partial charge in [-0.2, -0.15) is 0 Å². The van der Waals surface area contributed by atoms with Gasteiger partial charge >= 0.3 is 0 Å². The molecule has 144 valence electrons. The van der Waals surface area contributed by atoms with Crippen LogP contribution in [0.5, 0.6) is 5.75 Å².